The lowest BCUT2D eigenvalue weighted by atomic mass is 10.1. The fraction of sp³-hybridized carbons (Fsp3) is 0.500. The van der Waals surface area contributed by atoms with Crippen LogP contribution in [0.3, 0.4) is 0 Å². The van der Waals surface area contributed by atoms with E-state index in [-0.39, 0.29) is 0 Å². The minimum atomic E-state index is -2.38. The Morgan fingerprint density at radius 3 is 2.88 bits per heavy atom. The van der Waals surface area contributed by atoms with Crippen LogP contribution in [-0.4, -0.2) is 26.2 Å². The first-order chi connectivity index (χ1) is 7.68. The van der Waals surface area contributed by atoms with Crippen LogP contribution >= 0.6 is 0 Å². The van der Waals surface area contributed by atoms with Crippen molar-refractivity contribution in [1.82, 2.24) is 5.32 Å². The summed E-state index contributed by atoms with van der Waals surface area (Å²) >= 11 is 0. The number of nitrogens with one attached hydrogen (secondary N) is 1. The van der Waals surface area contributed by atoms with Crippen molar-refractivity contribution in [3.05, 3.63) is 35.4 Å². The molecule has 0 saturated heterocycles. The van der Waals surface area contributed by atoms with Gasteiger partial charge in [-0.15, -0.1) is 0 Å². The SMILES string of the molecule is Cc1cccc(CNCCOCC(F)F)c1. The predicted octanol–water partition coefficient (Wildman–Crippen LogP) is 2.37. The van der Waals surface area contributed by atoms with Gasteiger partial charge >= 0.3 is 0 Å². The highest BCUT2D eigenvalue weighted by atomic mass is 19.3. The second-order valence-electron chi connectivity index (χ2n) is 3.63. The van der Waals surface area contributed by atoms with Gasteiger partial charge in [-0.05, 0) is 12.5 Å². The number of halogens is 2. The molecule has 2 nitrogen and oxygen atoms in total. The number of rotatable bonds is 7. The van der Waals surface area contributed by atoms with Crippen molar-refractivity contribution in [2.24, 2.45) is 0 Å². The van der Waals surface area contributed by atoms with Crippen LogP contribution in [0.25, 0.3) is 0 Å². The second kappa shape index (κ2) is 7.30. The van der Waals surface area contributed by atoms with Gasteiger partial charge < -0.3 is 10.1 Å². The molecule has 4 heteroatoms. The van der Waals surface area contributed by atoms with Gasteiger partial charge in [0.2, 0.25) is 0 Å². The highest BCUT2D eigenvalue weighted by Crippen LogP contribution is 2.02. The Morgan fingerprint density at radius 2 is 2.19 bits per heavy atom. The molecule has 0 aliphatic carbocycles. The van der Waals surface area contributed by atoms with Crippen molar-refractivity contribution >= 4 is 0 Å². The first-order valence-electron chi connectivity index (χ1n) is 5.30. The van der Waals surface area contributed by atoms with Crippen LogP contribution in [-0.2, 0) is 11.3 Å². The number of ether oxygens (including phenoxy) is 1. The molecule has 0 saturated carbocycles. The summed E-state index contributed by atoms with van der Waals surface area (Å²) in [6.07, 6.45) is -2.38. The molecule has 0 aromatic heterocycles. The molecule has 1 rings (SSSR count). The number of benzene rings is 1. The Morgan fingerprint density at radius 1 is 1.38 bits per heavy atom. The van der Waals surface area contributed by atoms with Gasteiger partial charge in [-0.1, -0.05) is 29.8 Å². The average molecular weight is 229 g/mol. The summed E-state index contributed by atoms with van der Waals surface area (Å²) < 4.78 is 28.2. The molecule has 0 radical (unpaired) electrons. The van der Waals surface area contributed by atoms with E-state index in [9.17, 15) is 8.78 Å². The predicted molar refractivity (Wildman–Crippen MR) is 59.7 cm³/mol. The molecule has 90 valence electrons. The standard InChI is InChI=1S/C12H17F2NO/c1-10-3-2-4-11(7-10)8-15-5-6-16-9-12(13)14/h2-4,7,12,15H,5-6,8-9H2,1H3. The largest absolute Gasteiger partial charge is 0.374 e. The lowest BCUT2D eigenvalue weighted by Gasteiger charge is -2.06. The van der Waals surface area contributed by atoms with E-state index in [2.05, 4.69) is 11.4 Å². The van der Waals surface area contributed by atoms with Gasteiger partial charge in [0.1, 0.15) is 6.61 Å². The molecule has 0 atom stereocenters. The van der Waals surface area contributed by atoms with E-state index < -0.39 is 13.0 Å². The fourth-order valence-electron chi connectivity index (χ4n) is 1.37. The van der Waals surface area contributed by atoms with E-state index in [1.165, 1.54) is 11.1 Å². The number of alkyl halides is 2. The summed E-state index contributed by atoms with van der Waals surface area (Å²) in [5.74, 6) is 0. The van der Waals surface area contributed by atoms with Gasteiger partial charge in [0.15, 0.2) is 0 Å². The lowest BCUT2D eigenvalue weighted by Crippen LogP contribution is -2.20. The molecule has 0 aliphatic rings. The normalized spacial score (nSPS) is 11.0. The van der Waals surface area contributed by atoms with E-state index >= 15 is 0 Å². The Hall–Kier alpha value is -1.00. The molecule has 1 aromatic carbocycles. The summed E-state index contributed by atoms with van der Waals surface area (Å²) in [5.41, 5.74) is 2.40. The van der Waals surface area contributed by atoms with Crippen molar-refractivity contribution in [2.75, 3.05) is 19.8 Å². The van der Waals surface area contributed by atoms with Gasteiger partial charge in [0.05, 0.1) is 6.61 Å². The third kappa shape index (κ3) is 5.78. The van der Waals surface area contributed by atoms with Gasteiger partial charge in [-0.3, -0.25) is 0 Å². The van der Waals surface area contributed by atoms with Crippen LogP contribution in [0.4, 0.5) is 8.78 Å². The quantitative estimate of drug-likeness (QED) is 0.725. The van der Waals surface area contributed by atoms with Gasteiger partial charge in [0, 0.05) is 13.1 Å². The van der Waals surface area contributed by atoms with Crippen molar-refractivity contribution in [1.29, 1.82) is 0 Å². The van der Waals surface area contributed by atoms with E-state index in [0.29, 0.717) is 13.2 Å². The maximum Gasteiger partial charge on any atom is 0.261 e. The number of hydrogen-bond acceptors (Lipinski definition) is 2. The topological polar surface area (TPSA) is 21.3 Å². The molecule has 0 amide bonds. The Labute approximate surface area is 94.6 Å². The molecule has 0 unspecified atom stereocenters. The lowest BCUT2D eigenvalue weighted by molar-refractivity contribution is 0.0187. The minimum absolute atomic E-state index is 0.316. The zero-order valence-corrected chi connectivity index (χ0v) is 9.38. The van der Waals surface area contributed by atoms with Crippen LogP contribution in [0.2, 0.25) is 0 Å². The second-order valence-corrected chi connectivity index (χ2v) is 3.63. The van der Waals surface area contributed by atoms with Crippen molar-refractivity contribution < 1.29 is 13.5 Å². The molecule has 0 aliphatic heterocycles. The maximum absolute atomic E-state index is 11.7. The Balaban J connectivity index is 2.07. The van der Waals surface area contributed by atoms with Crippen molar-refractivity contribution in [2.45, 2.75) is 19.9 Å². The molecule has 0 heterocycles. The molecular formula is C12H17F2NO. The Bertz CT molecular complexity index is 305. The zero-order chi connectivity index (χ0) is 11.8. The molecule has 0 spiro atoms. The third-order valence-corrected chi connectivity index (χ3v) is 2.08. The summed E-state index contributed by atoms with van der Waals surface area (Å²) in [7, 11) is 0. The van der Waals surface area contributed by atoms with Gasteiger partial charge in [0.25, 0.3) is 6.43 Å². The fourth-order valence-corrected chi connectivity index (χ4v) is 1.37. The molecule has 0 bridgehead atoms. The van der Waals surface area contributed by atoms with Crippen molar-refractivity contribution in [3.63, 3.8) is 0 Å². The van der Waals surface area contributed by atoms with E-state index in [1.54, 1.807) is 0 Å². The molecular weight excluding hydrogens is 212 g/mol. The van der Waals surface area contributed by atoms with Crippen LogP contribution < -0.4 is 5.32 Å². The number of aryl methyl sites for hydroxylation is 1. The summed E-state index contributed by atoms with van der Waals surface area (Å²) in [6, 6.07) is 8.15. The van der Waals surface area contributed by atoms with Crippen LogP contribution in [0, 0.1) is 6.92 Å². The molecule has 0 fully saturated rings. The van der Waals surface area contributed by atoms with Crippen molar-refractivity contribution in [3.8, 4) is 0 Å². The van der Waals surface area contributed by atoms with E-state index in [0.717, 1.165) is 6.54 Å². The molecule has 16 heavy (non-hydrogen) atoms. The maximum atomic E-state index is 11.7. The Kier molecular flexibility index (Phi) is 5.96. The van der Waals surface area contributed by atoms with Crippen LogP contribution in [0.5, 0.6) is 0 Å². The zero-order valence-electron chi connectivity index (χ0n) is 9.38. The first-order valence-corrected chi connectivity index (χ1v) is 5.30. The van der Waals surface area contributed by atoms with Gasteiger partial charge in [-0.25, -0.2) is 8.78 Å². The highest BCUT2D eigenvalue weighted by Gasteiger charge is 2.00. The molecule has 1 aromatic rings. The smallest absolute Gasteiger partial charge is 0.261 e. The summed E-state index contributed by atoms with van der Waals surface area (Å²) in [4.78, 5) is 0. The van der Waals surface area contributed by atoms with Gasteiger partial charge in [-0.2, -0.15) is 0 Å². The first kappa shape index (κ1) is 13.1. The number of hydrogen-bond donors (Lipinski definition) is 1. The third-order valence-electron chi connectivity index (χ3n) is 2.08. The molecule has 1 N–H and O–H groups in total. The monoisotopic (exact) mass is 229 g/mol. The summed E-state index contributed by atoms with van der Waals surface area (Å²) in [6.45, 7) is 3.19. The van der Waals surface area contributed by atoms with Crippen LogP contribution in [0.1, 0.15) is 11.1 Å². The van der Waals surface area contributed by atoms with Crippen LogP contribution in [0.15, 0.2) is 24.3 Å². The summed E-state index contributed by atoms with van der Waals surface area (Å²) in [5, 5.41) is 3.13. The minimum Gasteiger partial charge on any atom is -0.374 e. The van der Waals surface area contributed by atoms with E-state index in [4.69, 9.17) is 4.74 Å². The highest BCUT2D eigenvalue weighted by molar-refractivity contribution is 5.21. The van der Waals surface area contributed by atoms with E-state index in [1.807, 2.05) is 25.1 Å². The average Bonchev–Trinajstić information content (AvgIpc) is 2.23.